The Morgan fingerprint density at radius 2 is 1.95 bits per heavy atom. The monoisotopic (exact) mass is 407 g/mol. The minimum Gasteiger partial charge on any atom is -0.381 e. The van der Waals surface area contributed by atoms with Crippen LogP contribution < -0.4 is 10.6 Å². The predicted octanol–water partition coefficient (Wildman–Crippen LogP) is 2.78. The molecule has 21 heavy (non-hydrogen) atoms. The Labute approximate surface area is 145 Å². The minimum absolute atomic E-state index is 0. The van der Waals surface area contributed by atoms with Crippen molar-refractivity contribution in [2.24, 2.45) is 22.2 Å². The van der Waals surface area contributed by atoms with Crippen molar-refractivity contribution in [1.29, 1.82) is 0 Å². The summed E-state index contributed by atoms with van der Waals surface area (Å²) < 4.78 is 5.64. The van der Waals surface area contributed by atoms with Crippen LogP contribution in [0.25, 0.3) is 0 Å². The van der Waals surface area contributed by atoms with Crippen LogP contribution in [0, 0.1) is 17.3 Å². The van der Waals surface area contributed by atoms with Crippen molar-refractivity contribution >= 4 is 29.9 Å². The molecule has 0 aromatic heterocycles. The zero-order chi connectivity index (χ0) is 13.8. The van der Waals surface area contributed by atoms with E-state index >= 15 is 0 Å². The second kappa shape index (κ2) is 7.99. The average Bonchev–Trinajstić information content (AvgIpc) is 3.26. The summed E-state index contributed by atoms with van der Waals surface area (Å²) in [5, 5.41) is 6.90. The summed E-state index contributed by atoms with van der Waals surface area (Å²) >= 11 is 0. The molecule has 3 aliphatic rings. The van der Waals surface area contributed by atoms with E-state index < -0.39 is 0 Å². The van der Waals surface area contributed by atoms with Gasteiger partial charge in [-0.25, -0.2) is 0 Å². The second-order valence-electron chi connectivity index (χ2n) is 6.86. The standard InChI is InChI=1S/C16H29N3O.HI/c1-17-15(18-9-2-10-20-11-13-3-4-13)19-12-16(7-8-16)14-5-6-14;/h13-14H,2-12H2,1H3,(H2,17,18,19);1H. The Morgan fingerprint density at radius 1 is 1.19 bits per heavy atom. The summed E-state index contributed by atoms with van der Waals surface area (Å²) in [6.07, 6.45) is 9.53. The first-order valence-corrected chi connectivity index (χ1v) is 8.35. The van der Waals surface area contributed by atoms with Crippen LogP contribution in [0.1, 0.15) is 44.9 Å². The Hall–Kier alpha value is -0.0400. The van der Waals surface area contributed by atoms with Crippen molar-refractivity contribution in [3.63, 3.8) is 0 Å². The number of nitrogens with zero attached hydrogens (tertiary/aromatic N) is 1. The minimum atomic E-state index is 0. The normalized spacial score (nSPS) is 23.4. The van der Waals surface area contributed by atoms with E-state index in [9.17, 15) is 0 Å². The van der Waals surface area contributed by atoms with E-state index in [1.165, 1.54) is 38.5 Å². The number of hydrogen-bond donors (Lipinski definition) is 2. The topological polar surface area (TPSA) is 45.7 Å². The largest absolute Gasteiger partial charge is 0.381 e. The van der Waals surface area contributed by atoms with E-state index in [-0.39, 0.29) is 24.0 Å². The number of nitrogens with one attached hydrogen (secondary N) is 2. The molecule has 3 saturated carbocycles. The molecule has 122 valence electrons. The highest BCUT2D eigenvalue weighted by Gasteiger charge is 2.53. The molecule has 2 N–H and O–H groups in total. The summed E-state index contributed by atoms with van der Waals surface area (Å²) in [6.45, 7) is 3.89. The molecule has 0 heterocycles. The Morgan fingerprint density at radius 3 is 2.52 bits per heavy atom. The van der Waals surface area contributed by atoms with Gasteiger partial charge in [-0.05, 0) is 62.2 Å². The van der Waals surface area contributed by atoms with Crippen LogP contribution in [0.15, 0.2) is 4.99 Å². The highest BCUT2D eigenvalue weighted by atomic mass is 127. The van der Waals surface area contributed by atoms with Crippen LogP contribution in [0.5, 0.6) is 0 Å². The van der Waals surface area contributed by atoms with Crippen LogP contribution in [0.3, 0.4) is 0 Å². The van der Waals surface area contributed by atoms with Gasteiger partial charge in [0, 0.05) is 33.4 Å². The van der Waals surface area contributed by atoms with E-state index in [0.717, 1.165) is 50.5 Å². The number of ether oxygens (including phenoxy) is 1. The van der Waals surface area contributed by atoms with Gasteiger partial charge in [0.15, 0.2) is 5.96 Å². The lowest BCUT2D eigenvalue weighted by molar-refractivity contribution is 0.123. The molecule has 0 amide bonds. The summed E-state index contributed by atoms with van der Waals surface area (Å²) in [6, 6.07) is 0. The fraction of sp³-hybridized carbons (Fsp3) is 0.938. The lowest BCUT2D eigenvalue weighted by Gasteiger charge is -2.18. The number of halogens is 1. The lowest BCUT2D eigenvalue weighted by atomic mass is 10.0. The lowest BCUT2D eigenvalue weighted by Crippen LogP contribution is -2.41. The van der Waals surface area contributed by atoms with Crippen molar-refractivity contribution in [1.82, 2.24) is 10.6 Å². The molecule has 0 aromatic rings. The molecule has 0 unspecified atom stereocenters. The summed E-state index contributed by atoms with van der Waals surface area (Å²) in [7, 11) is 1.86. The fourth-order valence-corrected chi connectivity index (χ4v) is 2.98. The molecule has 3 fully saturated rings. The molecule has 0 aromatic carbocycles. The molecule has 0 radical (unpaired) electrons. The van der Waals surface area contributed by atoms with Gasteiger partial charge in [0.1, 0.15) is 0 Å². The van der Waals surface area contributed by atoms with Crippen molar-refractivity contribution < 1.29 is 4.74 Å². The highest BCUT2D eigenvalue weighted by molar-refractivity contribution is 14.0. The summed E-state index contributed by atoms with van der Waals surface area (Å²) in [4.78, 5) is 4.31. The third-order valence-electron chi connectivity index (χ3n) is 4.98. The first-order chi connectivity index (χ1) is 9.82. The van der Waals surface area contributed by atoms with Crippen LogP contribution >= 0.6 is 24.0 Å². The molecule has 4 nitrogen and oxygen atoms in total. The van der Waals surface area contributed by atoms with E-state index in [4.69, 9.17) is 4.74 Å². The molecular formula is C16H30IN3O. The number of hydrogen-bond acceptors (Lipinski definition) is 2. The Kier molecular flexibility index (Phi) is 6.59. The molecular weight excluding hydrogens is 377 g/mol. The number of aliphatic imine (C=N–C) groups is 1. The van der Waals surface area contributed by atoms with Gasteiger partial charge >= 0.3 is 0 Å². The smallest absolute Gasteiger partial charge is 0.190 e. The van der Waals surface area contributed by atoms with Gasteiger partial charge in [0.25, 0.3) is 0 Å². The zero-order valence-corrected chi connectivity index (χ0v) is 15.5. The van der Waals surface area contributed by atoms with E-state index in [1.54, 1.807) is 0 Å². The molecule has 0 atom stereocenters. The van der Waals surface area contributed by atoms with E-state index in [1.807, 2.05) is 7.05 Å². The highest BCUT2D eigenvalue weighted by Crippen LogP contribution is 2.60. The molecule has 5 heteroatoms. The molecule has 0 spiro atoms. The van der Waals surface area contributed by atoms with Crippen molar-refractivity contribution in [2.45, 2.75) is 44.9 Å². The maximum Gasteiger partial charge on any atom is 0.190 e. The van der Waals surface area contributed by atoms with E-state index in [2.05, 4.69) is 15.6 Å². The number of guanidine groups is 1. The second-order valence-corrected chi connectivity index (χ2v) is 6.86. The van der Waals surface area contributed by atoms with Gasteiger partial charge in [0.05, 0.1) is 0 Å². The van der Waals surface area contributed by atoms with Crippen molar-refractivity contribution in [2.75, 3.05) is 33.4 Å². The molecule has 3 rings (SSSR count). The maximum absolute atomic E-state index is 5.64. The summed E-state index contributed by atoms with van der Waals surface area (Å²) in [5.74, 6) is 2.83. The van der Waals surface area contributed by atoms with Gasteiger partial charge in [0.2, 0.25) is 0 Å². The maximum atomic E-state index is 5.64. The van der Waals surface area contributed by atoms with Gasteiger partial charge in [-0.2, -0.15) is 0 Å². The quantitative estimate of drug-likeness (QED) is 0.268. The molecule has 3 aliphatic carbocycles. The van der Waals surface area contributed by atoms with Crippen LogP contribution in [0.4, 0.5) is 0 Å². The Bertz CT molecular complexity index is 349. The average molecular weight is 407 g/mol. The van der Waals surface area contributed by atoms with E-state index in [0.29, 0.717) is 5.41 Å². The first kappa shape index (κ1) is 17.3. The van der Waals surface area contributed by atoms with Crippen LogP contribution in [0.2, 0.25) is 0 Å². The number of rotatable bonds is 9. The SMILES string of the molecule is CN=C(NCCCOCC1CC1)NCC1(C2CC2)CC1.I. The van der Waals surface area contributed by atoms with Gasteiger partial charge in [-0.3, -0.25) is 4.99 Å². The van der Waals surface area contributed by atoms with Gasteiger partial charge < -0.3 is 15.4 Å². The zero-order valence-electron chi connectivity index (χ0n) is 13.2. The molecule has 0 saturated heterocycles. The van der Waals surface area contributed by atoms with Crippen molar-refractivity contribution in [3.05, 3.63) is 0 Å². The third-order valence-corrected chi connectivity index (χ3v) is 4.98. The van der Waals surface area contributed by atoms with Gasteiger partial charge in [-0.1, -0.05) is 0 Å². The third kappa shape index (κ3) is 5.58. The molecule has 0 bridgehead atoms. The predicted molar refractivity (Wildman–Crippen MR) is 97.3 cm³/mol. The van der Waals surface area contributed by atoms with Crippen LogP contribution in [-0.2, 0) is 4.74 Å². The molecule has 0 aliphatic heterocycles. The summed E-state index contributed by atoms with van der Waals surface area (Å²) in [5.41, 5.74) is 0.630. The fourth-order valence-electron chi connectivity index (χ4n) is 2.98. The van der Waals surface area contributed by atoms with Crippen LogP contribution in [-0.4, -0.2) is 39.3 Å². The van der Waals surface area contributed by atoms with Crippen molar-refractivity contribution in [3.8, 4) is 0 Å². The first-order valence-electron chi connectivity index (χ1n) is 8.35. The van der Waals surface area contributed by atoms with Gasteiger partial charge in [-0.15, -0.1) is 24.0 Å². The Balaban J connectivity index is 0.00000161.